The average molecular weight is 286 g/mol. The second kappa shape index (κ2) is 8.41. The number of ether oxygens (including phenoxy) is 2. The van der Waals surface area contributed by atoms with E-state index in [4.69, 9.17) is 21.1 Å². The summed E-state index contributed by atoms with van der Waals surface area (Å²) in [5.74, 6) is 0.710. The molecule has 0 amide bonds. The standard InChI is InChI=1S/C15H24ClNO2/c1-11(2)17-10-13-5-6-15(14(16)9-13)19-8-7-18-12(3)4/h5-6,9,11-12,17H,7-8,10H2,1-4H3. The van der Waals surface area contributed by atoms with Crippen molar-refractivity contribution >= 4 is 11.6 Å². The molecule has 0 saturated heterocycles. The number of nitrogens with one attached hydrogen (secondary N) is 1. The average Bonchev–Trinajstić information content (AvgIpc) is 2.33. The molecule has 0 spiro atoms. The molecule has 0 saturated carbocycles. The van der Waals surface area contributed by atoms with Gasteiger partial charge in [0.25, 0.3) is 0 Å². The summed E-state index contributed by atoms with van der Waals surface area (Å²) in [5, 5.41) is 4.00. The number of halogens is 1. The van der Waals surface area contributed by atoms with Gasteiger partial charge in [0.2, 0.25) is 0 Å². The molecule has 19 heavy (non-hydrogen) atoms. The van der Waals surface area contributed by atoms with Crippen LogP contribution in [0.4, 0.5) is 0 Å². The smallest absolute Gasteiger partial charge is 0.138 e. The van der Waals surface area contributed by atoms with Crippen LogP contribution in [0.1, 0.15) is 33.3 Å². The maximum absolute atomic E-state index is 6.19. The van der Waals surface area contributed by atoms with Gasteiger partial charge >= 0.3 is 0 Å². The van der Waals surface area contributed by atoms with Crippen LogP contribution in [-0.4, -0.2) is 25.4 Å². The van der Waals surface area contributed by atoms with Gasteiger partial charge in [0.1, 0.15) is 12.4 Å². The molecular formula is C15H24ClNO2. The largest absolute Gasteiger partial charge is 0.490 e. The summed E-state index contributed by atoms with van der Waals surface area (Å²) in [6, 6.07) is 6.34. The summed E-state index contributed by atoms with van der Waals surface area (Å²) in [7, 11) is 0. The molecule has 108 valence electrons. The summed E-state index contributed by atoms with van der Waals surface area (Å²) in [4.78, 5) is 0. The highest BCUT2D eigenvalue weighted by Crippen LogP contribution is 2.25. The number of hydrogen-bond donors (Lipinski definition) is 1. The van der Waals surface area contributed by atoms with Gasteiger partial charge in [-0.15, -0.1) is 0 Å². The zero-order valence-electron chi connectivity index (χ0n) is 12.2. The van der Waals surface area contributed by atoms with Crippen LogP contribution in [0.3, 0.4) is 0 Å². The van der Waals surface area contributed by atoms with E-state index in [1.165, 1.54) is 0 Å². The minimum atomic E-state index is 0.226. The molecular weight excluding hydrogens is 262 g/mol. The van der Waals surface area contributed by atoms with Gasteiger partial charge in [-0.1, -0.05) is 31.5 Å². The quantitative estimate of drug-likeness (QED) is 0.740. The van der Waals surface area contributed by atoms with Crippen LogP contribution in [0.2, 0.25) is 5.02 Å². The first-order chi connectivity index (χ1) is 8.99. The van der Waals surface area contributed by atoms with Gasteiger partial charge < -0.3 is 14.8 Å². The summed E-state index contributed by atoms with van der Waals surface area (Å²) >= 11 is 6.19. The Labute approximate surface area is 121 Å². The third-order valence-corrected chi connectivity index (χ3v) is 2.80. The van der Waals surface area contributed by atoms with E-state index in [9.17, 15) is 0 Å². The maximum Gasteiger partial charge on any atom is 0.138 e. The zero-order chi connectivity index (χ0) is 14.3. The van der Waals surface area contributed by atoms with Gasteiger partial charge in [-0.3, -0.25) is 0 Å². The fourth-order valence-electron chi connectivity index (χ4n) is 1.53. The third-order valence-electron chi connectivity index (χ3n) is 2.50. The van der Waals surface area contributed by atoms with E-state index in [0.717, 1.165) is 12.1 Å². The van der Waals surface area contributed by atoms with E-state index in [0.29, 0.717) is 30.0 Å². The van der Waals surface area contributed by atoms with Crippen molar-refractivity contribution in [3.63, 3.8) is 0 Å². The van der Waals surface area contributed by atoms with Crippen molar-refractivity contribution in [1.29, 1.82) is 0 Å². The molecule has 3 nitrogen and oxygen atoms in total. The van der Waals surface area contributed by atoms with E-state index in [1.54, 1.807) is 0 Å². The summed E-state index contributed by atoms with van der Waals surface area (Å²) in [5.41, 5.74) is 1.16. The van der Waals surface area contributed by atoms with Gasteiger partial charge in [-0.2, -0.15) is 0 Å². The van der Waals surface area contributed by atoms with E-state index in [-0.39, 0.29) is 6.10 Å². The molecule has 0 atom stereocenters. The first kappa shape index (κ1) is 16.3. The molecule has 1 rings (SSSR count). The minimum Gasteiger partial charge on any atom is -0.490 e. The van der Waals surface area contributed by atoms with Crippen LogP contribution in [0, 0.1) is 0 Å². The molecule has 0 unspecified atom stereocenters. The Balaban J connectivity index is 2.43. The van der Waals surface area contributed by atoms with Crippen LogP contribution in [-0.2, 0) is 11.3 Å². The van der Waals surface area contributed by atoms with Crippen LogP contribution in [0.25, 0.3) is 0 Å². The van der Waals surface area contributed by atoms with E-state index >= 15 is 0 Å². The molecule has 0 heterocycles. The third kappa shape index (κ3) is 6.81. The molecule has 1 aromatic rings. The van der Waals surface area contributed by atoms with Gasteiger partial charge in [-0.25, -0.2) is 0 Å². The Hall–Kier alpha value is -0.770. The van der Waals surface area contributed by atoms with Crippen molar-refractivity contribution in [2.75, 3.05) is 13.2 Å². The highest BCUT2D eigenvalue weighted by atomic mass is 35.5. The Kier molecular flexibility index (Phi) is 7.21. The lowest BCUT2D eigenvalue weighted by Gasteiger charge is -2.12. The summed E-state index contributed by atoms with van der Waals surface area (Å²) < 4.78 is 11.0. The van der Waals surface area contributed by atoms with Crippen molar-refractivity contribution in [3.8, 4) is 5.75 Å². The highest BCUT2D eigenvalue weighted by molar-refractivity contribution is 6.32. The van der Waals surface area contributed by atoms with Gasteiger partial charge in [0.15, 0.2) is 0 Å². The Bertz CT molecular complexity index is 380. The van der Waals surface area contributed by atoms with E-state index < -0.39 is 0 Å². The molecule has 0 aliphatic heterocycles. The van der Waals surface area contributed by atoms with Crippen molar-refractivity contribution in [2.24, 2.45) is 0 Å². The second-order valence-electron chi connectivity index (χ2n) is 5.07. The molecule has 0 aromatic heterocycles. The SMILES string of the molecule is CC(C)NCc1ccc(OCCOC(C)C)c(Cl)c1. The van der Waals surface area contributed by atoms with Crippen LogP contribution >= 0.6 is 11.6 Å². The van der Waals surface area contributed by atoms with Crippen LogP contribution in [0.15, 0.2) is 18.2 Å². The number of hydrogen-bond acceptors (Lipinski definition) is 3. The molecule has 0 aliphatic carbocycles. The predicted octanol–water partition coefficient (Wildman–Crippen LogP) is 3.64. The normalized spacial score (nSPS) is 11.3. The van der Waals surface area contributed by atoms with Crippen LogP contribution in [0.5, 0.6) is 5.75 Å². The lowest BCUT2D eigenvalue weighted by molar-refractivity contribution is 0.0553. The zero-order valence-corrected chi connectivity index (χ0v) is 13.0. The molecule has 1 aromatic carbocycles. The van der Waals surface area contributed by atoms with Crippen molar-refractivity contribution < 1.29 is 9.47 Å². The number of rotatable bonds is 8. The summed E-state index contributed by atoms with van der Waals surface area (Å²) in [6.07, 6.45) is 0.226. The monoisotopic (exact) mass is 285 g/mol. The lowest BCUT2D eigenvalue weighted by atomic mass is 10.2. The maximum atomic E-state index is 6.19. The van der Waals surface area contributed by atoms with Crippen molar-refractivity contribution in [3.05, 3.63) is 28.8 Å². The Morgan fingerprint density at radius 3 is 2.47 bits per heavy atom. The van der Waals surface area contributed by atoms with Gasteiger partial charge in [0.05, 0.1) is 17.7 Å². The fraction of sp³-hybridized carbons (Fsp3) is 0.600. The first-order valence-corrected chi connectivity index (χ1v) is 7.13. The minimum absolute atomic E-state index is 0.226. The second-order valence-corrected chi connectivity index (χ2v) is 5.48. The molecule has 1 N–H and O–H groups in total. The molecule has 0 fully saturated rings. The molecule has 0 bridgehead atoms. The fourth-order valence-corrected chi connectivity index (χ4v) is 1.79. The van der Waals surface area contributed by atoms with Gasteiger partial charge in [-0.05, 0) is 31.5 Å². The predicted molar refractivity (Wildman–Crippen MR) is 80.0 cm³/mol. The first-order valence-electron chi connectivity index (χ1n) is 6.75. The Morgan fingerprint density at radius 1 is 1.16 bits per heavy atom. The van der Waals surface area contributed by atoms with Crippen molar-refractivity contribution in [1.82, 2.24) is 5.32 Å². The molecule has 4 heteroatoms. The highest BCUT2D eigenvalue weighted by Gasteiger charge is 2.04. The molecule has 0 radical (unpaired) electrons. The van der Waals surface area contributed by atoms with E-state index in [2.05, 4.69) is 19.2 Å². The lowest BCUT2D eigenvalue weighted by Crippen LogP contribution is -2.21. The topological polar surface area (TPSA) is 30.5 Å². The summed E-state index contributed by atoms with van der Waals surface area (Å²) in [6.45, 7) is 10.1. The molecule has 0 aliphatic rings. The van der Waals surface area contributed by atoms with Crippen molar-refractivity contribution in [2.45, 2.75) is 46.4 Å². The van der Waals surface area contributed by atoms with Crippen LogP contribution < -0.4 is 10.1 Å². The Morgan fingerprint density at radius 2 is 1.89 bits per heavy atom. The number of benzene rings is 1. The van der Waals surface area contributed by atoms with Gasteiger partial charge in [0, 0.05) is 12.6 Å². The van der Waals surface area contributed by atoms with E-state index in [1.807, 2.05) is 32.0 Å².